The Labute approximate surface area is 180 Å². The number of thioether (sulfide) groups is 1. The molecule has 7 nitrogen and oxygen atoms in total. The quantitative estimate of drug-likeness (QED) is 0.418. The molecule has 1 aromatic carbocycles. The van der Waals surface area contributed by atoms with Crippen molar-refractivity contribution in [3.63, 3.8) is 0 Å². The van der Waals surface area contributed by atoms with E-state index in [1.807, 2.05) is 43.3 Å². The molecule has 1 heterocycles. The summed E-state index contributed by atoms with van der Waals surface area (Å²) < 4.78 is 5.49. The number of benzene rings is 1. The molecule has 1 fully saturated rings. The van der Waals surface area contributed by atoms with Crippen LogP contribution < -0.4 is 10.2 Å². The van der Waals surface area contributed by atoms with Crippen LogP contribution in [0.25, 0.3) is 6.08 Å². The van der Waals surface area contributed by atoms with Gasteiger partial charge in [0, 0.05) is 19.8 Å². The monoisotopic (exact) mass is 435 g/mol. The first kappa shape index (κ1) is 22.9. The van der Waals surface area contributed by atoms with Gasteiger partial charge in [0.05, 0.1) is 11.4 Å². The lowest BCUT2D eigenvalue weighted by atomic mass is 10.2. The second-order valence-corrected chi connectivity index (χ2v) is 9.34. The van der Waals surface area contributed by atoms with E-state index in [1.165, 1.54) is 16.7 Å². The maximum atomic E-state index is 12.7. The van der Waals surface area contributed by atoms with Crippen molar-refractivity contribution in [2.24, 2.45) is 0 Å². The highest BCUT2D eigenvalue weighted by Gasteiger charge is 2.34. The van der Waals surface area contributed by atoms with Gasteiger partial charge >= 0.3 is 6.09 Å². The van der Waals surface area contributed by atoms with Crippen LogP contribution in [0.15, 0.2) is 29.2 Å². The van der Waals surface area contributed by atoms with Gasteiger partial charge < -0.3 is 19.7 Å². The summed E-state index contributed by atoms with van der Waals surface area (Å²) in [7, 11) is 3.91. The number of ether oxygens (including phenoxy) is 1. The summed E-state index contributed by atoms with van der Waals surface area (Å²) in [6, 6.07) is 6.82. The molecule has 1 unspecified atom stereocenters. The lowest BCUT2D eigenvalue weighted by Crippen LogP contribution is -2.47. The van der Waals surface area contributed by atoms with Crippen LogP contribution in [0.5, 0.6) is 0 Å². The van der Waals surface area contributed by atoms with Gasteiger partial charge in [0.15, 0.2) is 0 Å². The van der Waals surface area contributed by atoms with Crippen molar-refractivity contribution >= 4 is 58.4 Å². The number of carbonyl (C=O) groups is 3. The number of nitrogens with one attached hydrogen (secondary N) is 1. The average Bonchev–Trinajstić information content (AvgIpc) is 2.87. The largest absolute Gasteiger partial charge is 0.444 e. The van der Waals surface area contributed by atoms with Crippen LogP contribution in [-0.2, 0) is 14.3 Å². The molecule has 0 aliphatic carbocycles. The lowest BCUT2D eigenvalue weighted by Gasteiger charge is -2.23. The number of alkyl carbamates (subject to hydrolysis) is 1. The number of anilines is 1. The third-order valence-electron chi connectivity index (χ3n) is 3.83. The van der Waals surface area contributed by atoms with E-state index in [4.69, 9.17) is 17.0 Å². The molecule has 156 valence electrons. The minimum Gasteiger partial charge on any atom is -0.444 e. The molecule has 29 heavy (non-hydrogen) atoms. The SMILES string of the molecule is CN(C)c1ccc(/C=C2/SC(=S)N(CC(C=O)NC(=O)OC(C)(C)C)C2=O)cc1. The zero-order valence-corrected chi connectivity index (χ0v) is 18.7. The van der Waals surface area contributed by atoms with Gasteiger partial charge in [-0.15, -0.1) is 0 Å². The summed E-state index contributed by atoms with van der Waals surface area (Å²) in [5.74, 6) is -0.297. The highest BCUT2D eigenvalue weighted by Crippen LogP contribution is 2.32. The van der Waals surface area contributed by atoms with Crippen molar-refractivity contribution in [2.75, 3.05) is 25.5 Å². The third-order valence-corrected chi connectivity index (χ3v) is 5.20. The summed E-state index contributed by atoms with van der Waals surface area (Å²) in [5, 5.41) is 2.46. The van der Waals surface area contributed by atoms with Crippen molar-refractivity contribution in [3.05, 3.63) is 34.7 Å². The summed E-state index contributed by atoms with van der Waals surface area (Å²) in [5.41, 5.74) is 1.23. The molecular weight excluding hydrogens is 410 g/mol. The zero-order valence-electron chi connectivity index (χ0n) is 17.1. The Hall–Kier alpha value is -2.39. The van der Waals surface area contributed by atoms with Crippen molar-refractivity contribution in [1.29, 1.82) is 0 Å². The van der Waals surface area contributed by atoms with E-state index in [1.54, 1.807) is 26.8 Å². The van der Waals surface area contributed by atoms with Crippen LogP contribution in [0.1, 0.15) is 26.3 Å². The molecule has 1 N–H and O–H groups in total. The molecule has 1 atom stereocenters. The fourth-order valence-corrected chi connectivity index (χ4v) is 3.73. The van der Waals surface area contributed by atoms with Crippen LogP contribution in [0.2, 0.25) is 0 Å². The molecule has 1 aliphatic rings. The Kier molecular flexibility index (Phi) is 7.43. The minimum atomic E-state index is -0.925. The van der Waals surface area contributed by atoms with Crippen LogP contribution in [0.4, 0.5) is 10.5 Å². The molecule has 0 radical (unpaired) electrons. The number of hydrogen-bond donors (Lipinski definition) is 1. The number of hydrogen-bond acceptors (Lipinski definition) is 7. The van der Waals surface area contributed by atoms with E-state index < -0.39 is 17.7 Å². The lowest BCUT2D eigenvalue weighted by molar-refractivity contribution is -0.122. The van der Waals surface area contributed by atoms with Crippen molar-refractivity contribution < 1.29 is 19.1 Å². The molecule has 1 aromatic rings. The molecule has 2 rings (SSSR count). The van der Waals surface area contributed by atoms with Crippen LogP contribution in [0, 0.1) is 0 Å². The van der Waals surface area contributed by atoms with Crippen LogP contribution in [-0.4, -0.2) is 59.8 Å². The van der Waals surface area contributed by atoms with Gasteiger partial charge in [0.25, 0.3) is 5.91 Å². The Balaban J connectivity index is 2.07. The van der Waals surface area contributed by atoms with Crippen molar-refractivity contribution in [3.8, 4) is 0 Å². The second kappa shape index (κ2) is 9.41. The normalized spacial score (nSPS) is 16.7. The number of nitrogens with zero attached hydrogens (tertiary/aromatic N) is 2. The predicted molar refractivity (Wildman–Crippen MR) is 120 cm³/mol. The Morgan fingerprint density at radius 1 is 1.31 bits per heavy atom. The van der Waals surface area contributed by atoms with E-state index in [0.717, 1.165) is 11.3 Å². The second-order valence-electron chi connectivity index (χ2n) is 7.67. The molecule has 9 heteroatoms. The van der Waals surface area contributed by atoms with Gasteiger partial charge in [-0.25, -0.2) is 4.79 Å². The van der Waals surface area contributed by atoms with Gasteiger partial charge in [-0.2, -0.15) is 0 Å². The fourth-order valence-electron chi connectivity index (χ4n) is 2.46. The summed E-state index contributed by atoms with van der Waals surface area (Å²) in [6.45, 7) is 5.12. The number of amides is 2. The zero-order chi connectivity index (χ0) is 21.8. The first-order valence-corrected chi connectivity index (χ1v) is 10.2. The van der Waals surface area contributed by atoms with E-state index >= 15 is 0 Å². The number of carbonyl (C=O) groups excluding carboxylic acids is 3. The highest BCUT2D eigenvalue weighted by molar-refractivity contribution is 8.26. The van der Waals surface area contributed by atoms with Gasteiger partial charge in [-0.1, -0.05) is 36.1 Å². The van der Waals surface area contributed by atoms with E-state index in [0.29, 0.717) is 15.5 Å². The van der Waals surface area contributed by atoms with Crippen molar-refractivity contribution in [2.45, 2.75) is 32.4 Å². The maximum absolute atomic E-state index is 12.7. The molecular formula is C20H25N3O4S2. The van der Waals surface area contributed by atoms with Gasteiger partial charge in [0.2, 0.25) is 0 Å². The molecule has 1 saturated heterocycles. The molecule has 2 amide bonds. The van der Waals surface area contributed by atoms with E-state index in [2.05, 4.69) is 5.32 Å². The first-order chi connectivity index (χ1) is 13.5. The smallest absolute Gasteiger partial charge is 0.408 e. The Bertz CT molecular complexity index is 829. The highest BCUT2D eigenvalue weighted by atomic mass is 32.2. The number of aldehydes is 1. The number of thiocarbonyl (C=S) groups is 1. The molecule has 0 aromatic heterocycles. The molecule has 0 saturated carbocycles. The third kappa shape index (κ3) is 6.57. The first-order valence-electron chi connectivity index (χ1n) is 8.98. The van der Waals surface area contributed by atoms with Gasteiger partial charge in [-0.3, -0.25) is 9.69 Å². The van der Waals surface area contributed by atoms with Crippen LogP contribution >= 0.6 is 24.0 Å². The predicted octanol–water partition coefficient (Wildman–Crippen LogP) is 3.05. The fraction of sp³-hybridized carbons (Fsp3) is 0.400. The van der Waals surface area contributed by atoms with E-state index in [-0.39, 0.29) is 12.5 Å². The topological polar surface area (TPSA) is 78.9 Å². The standard InChI is InChI=1S/C20H25N3O4S2/c1-20(2,3)27-18(26)21-14(12-24)11-23-17(25)16(29-19(23)28)10-13-6-8-15(9-7-13)22(4)5/h6-10,12,14H,11H2,1-5H3,(H,21,26)/b16-10+. The van der Waals surface area contributed by atoms with Gasteiger partial charge in [0.1, 0.15) is 22.2 Å². The summed E-state index contributed by atoms with van der Waals surface area (Å²) >= 11 is 6.46. The average molecular weight is 436 g/mol. The van der Waals surface area contributed by atoms with Gasteiger partial charge in [-0.05, 0) is 44.5 Å². The van der Waals surface area contributed by atoms with Crippen LogP contribution in [0.3, 0.4) is 0 Å². The summed E-state index contributed by atoms with van der Waals surface area (Å²) in [6.07, 6.45) is 1.60. The minimum absolute atomic E-state index is 0.0513. The Morgan fingerprint density at radius 2 is 1.93 bits per heavy atom. The molecule has 0 bridgehead atoms. The maximum Gasteiger partial charge on any atom is 0.408 e. The van der Waals surface area contributed by atoms with Crippen molar-refractivity contribution in [1.82, 2.24) is 10.2 Å². The number of rotatable bonds is 6. The summed E-state index contributed by atoms with van der Waals surface area (Å²) in [4.78, 5) is 39.8. The Morgan fingerprint density at radius 3 is 2.45 bits per heavy atom. The molecule has 1 aliphatic heterocycles. The van der Waals surface area contributed by atoms with E-state index in [9.17, 15) is 14.4 Å². The molecule has 0 spiro atoms.